The third-order valence-electron chi connectivity index (χ3n) is 3.64. The van der Waals surface area contributed by atoms with Crippen LogP contribution in [0.3, 0.4) is 0 Å². The number of aromatic nitrogens is 3. The van der Waals surface area contributed by atoms with Gasteiger partial charge in [0, 0.05) is 17.2 Å². The van der Waals surface area contributed by atoms with Crippen molar-refractivity contribution in [1.82, 2.24) is 14.2 Å². The summed E-state index contributed by atoms with van der Waals surface area (Å²) in [6.45, 7) is 0. The SMILES string of the molecule is Nn1c(C(F)(F)F)cc(=O)n(-c2cc(Sc3cccnc3O)c(Cl)cc2F)c1=O. The van der Waals surface area contributed by atoms with Gasteiger partial charge in [-0.05, 0) is 24.3 Å². The Morgan fingerprint density at radius 3 is 2.48 bits per heavy atom. The molecule has 13 heteroatoms. The topological polar surface area (TPSA) is 103 Å². The number of aromatic hydroxyl groups is 1. The molecule has 152 valence electrons. The van der Waals surface area contributed by atoms with Gasteiger partial charge in [-0.3, -0.25) is 4.79 Å². The Morgan fingerprint density at radius 2 is 1.86 bits per heavy atom. The lowest BCUT2D eigenvalue weighted by Crippen LogP contribution is -2.45. The summed E-state index contributed by atoms with van der Waals surface area (Å²) in [7, 11) is 0. The van der Waals surface area contributed by atoms with Crippen LogP contribution in [0.5, 0.6) is 5.88 Å². The molecule has 0 spiro atoms. The Balaban J connectivity index is 2.20. The molecular weight excluding hydrogens is 440 g/mol. The van der Waals surface area contributed by atoms with E-state index in [4.69, 9.17) is 17.4 Å². The number of hydrogen-bond donors (Lipinski definition) is 2. The lowest BCUT2D eigenvalue weighted by atomic mass is 10.3. The van der Waals surface area contributed by atoms with Gasteiger partial charge in [-0.25, -0.2) is 23.4 Å². The Bertz CT molecular complexity index is 1230. The molecule has 2 aromatic heterocycles. The molecule has 3 N–H and O–H groups in total. The fourth-order valence-corrected chi connectivity index (χ4v) is 3.47. The van der Waals surface area contributed by atoms with Crippen molar-refractivity contribution < 1.29 is 22.7 Å². The molecule has 1 aromatic carbocycles. The second-order valence-corrected chi connectivity index (χ2v) is 7.01. The first kappa shape index (κ1) is 20.7. The van der Waals surface area contributed by atoms with Crippen LogP contribution in [-0.4, -0.2) is 19.3 Å². The highest BCUT2D eigenvalue weighted by Crippen LogP contribution is 2.38. The Labute approximate surface area is 168 Å². The second kappa shape index (κ2) is 7.44. The fourth-order valence-electron chi connectivity index (χ4n) is 2.34. The summed E-state index contributed by atoms with van der Waals surface area (Å²) < 4.78 is 53.0. The maximum atomic E-state index is 14.4. The van der Waals surface area contributed by atoms with Crippen LogP contribution in [0.25, 0.3) is 5.69 Å². The Hall–Kier alpha value is -2.99. The summed E-state index contributed by atoms with van der Waals surface area (Å²) in [6.07, 6.45) is -3.74. The number of nitrogen functional groups attached to an aromatic ring is 1. The second-order valence-electron chi connectivity index (χ2n) is 5.51. The fraction of sp³-hybridized carbons (Fsp3) is 0.0625. The zero-order valence-electron chi connectivity index (χ0n) is 13.9. The minimum Gasteiger partial charge on any atom is -0.492 e. The van der Waals surface area contributed by atoms with Crippen molar-refractivity contribution >= 4 is 23.4 Å². The number of nitrogens with zero attached hydrogens (tertiary/aromatic N) is 3. The molecule has 2 heterocycles. The van der Waals surface area contributed by atoms with Gasteiger partial charge in [-0.2, -0.15) is 13.2 Å². The van der Waals surface area contributed by atoms with Crippen molar-refractivity contribution in [2.75, 3.05) is 5.84 Å². The van der Waals surface area contributed by atoms with E-state index < -0.39 is 34.6 Å². The van der Waals surface area contributed by atoms with Crippen molar-refractivity contribution in [3.05, 3.63) is 73.9 Å². The summed E-state index contributed by atoms with van der Waals surface area (Å²) >= 11 is 6.82. The summed E-state index contributed by atoms with van der Waals surface area (Å²) in [5.74, 6) is 3.67. The van der Waals surface area contributed by atoms with Gasteiger partial charge in [0.2, 0.25) is 5.88 Å². The van der Waals surface area contributed by atoms with E-state index in [1.807, 2.05) is 0 Å². The first-order valence-electron chi connectivity index (χ1n) is 7.53. The molecule has 3 rings (SSSR count). The van der Waals surface area contributed by atoms with Crippen LogP contribution in [0.4, 0.5) is 17.6 Å². The van der Waals surface area contributed by atoms with Crippen LogP contribution < -0.4 is 17.1 Å². The summed E-state index contributed by atoms with van der Waals surface area (Å²) in [6, 6.07) is 4.81. The van der Waals surface area contributed by atoms with Crippen molar-refractivity contribution in [3.63, 3.8) is 0 Å². The number of nitrogens with two attached hydrogens (primary N) is 1. The van der Waals surface area contributed by atoms with E-state index in [0.717, 1.165) is 23.9 Å². The predicted octanol–water partition coefficient (Wildman–Crippen LogP) is 2.78. The van der Waals surface area contributed by atoms with Crippen LogP contribution >= 0.6 is 23.4 Å². The largest absolute Gasteiger partial charge is 0.492 e. The van der Waals surface area contributed by atoms with Gasteiger partial charge in [0.1, 0.15) is 5.82 Å². The molecule has 0 fully saturated rings. The van der Waals surface area contributed by atoms with E-state index in [0.29, 0.717) is 0 Å². The molecule has 0 bridgehead atoms. The smallest absolute Gasteiger partial charge is 0.433 e. The quantitative estimate of drug-likeness (QED) is 0.472. The van der Waals surface area contributed by atoms with Gasteiger partial charge in [0.25, 0.3) is 5.56 Å². The maximum absolute atomic E-state index is 14.4. The predicted molar refractivity (Wildman–Crippen MR) is 96.4 cm³/mol. The van der Waals surface area contributed by atoms with Gasteiger partial charge < -0.3 is 10.9 Å². The molecule has 0 aliphatic heterocycles. The van der Waals surface area contributed by atoms with Crippen LogP contribution in [0.15, 0.2) is 55.9 Å². The standard InChI is InChI=1S/C16H9ClF4N4O3S/c17-7-4-8(18)9(5-11(7)29-10-2-1-3-23-14(10)27)24-13(26)6-12(16(19,20)21)25(22)15(24)28/h1-6H,22H2,(H,23,27). The van der Waals surface area contributed by atoms with Gasteiger partial charge in [-0.1, -0.05) is 23.4 Å². The Kier molecular flexibility index (Phi) is 5.32. The number of rotatable bonds is 3. The zero-order valence-corrected chi connectivity index (χ0v) is 15.5. The molecule has 7 nitrogen and oxygen atoms in total. The van der Waals surface area contributed by atoms with E-state index >= 15 is 0 Å². The molecule has 0 amide bonds. The minimum atomic E-state index is -5.07. The molecule has 3 aromatic rings. The van der Waals surface area contributed by atoms with Gasteiger partial charge in [0.05, 0.1) is 15.6 Å². The van der Waals surface area contributed by atoms with E-state index in [1.54, 1.807) is 0 Å². The normalized spacial score (nSPS) is 11.6. The lowest BCUT2D eigenvalue weighted by molar-refractivity contribution is -0.143. The van der Waals surface area contributed by atoms with Crippen LogP contribution in [0.1, 0.15) is 5.69 Å². The van der Waals surface area contributed by atoms with Crippen LogP contribution in [0.2, 0.25) is 5.02 Å². The molecule has 0 saturated carbocycles. The molecule has 0 radical (unpaired) electrons. The highest BCUT2D eigenvalue weighted by Gasteiger charge is 2.36. The van der Waals surface area contributed by atoms with E-state index in [9.17, 15) is 32.3 Å². The molecule has 0 unspecified atom stereocenters. The summed E-state index contributed by atoms with van der Waals surface area (Å²) in [4.78, 5) is 28.4. The number of benzene rings is 1. The van der Waals surface area contributed by atoms with Gasteiger partial charge in [-0.15, -0.1) is 0 Å². The minimum absolute atomic E-state index is 0.0786. The molecular formula is C16H9ClF4N4O3S. The van der Waals surface area contributed by atoms with Gasteiger partial charge >= 0.3 is 11.9 Å². The molecule has 0 aliphatic rings. The zero-order chi connectivity index (χ0) is 21.5. The molecule has 0 aliphatic carbocycles. The Morgan fingerprint density at radius 1 is 1.17 bits per heavy atom. The van der Waals surface area contributed by atoms with Crippen molar-refractivity contribution in [3.8, 4) is 11.6 Å². The van der Waals surface area contributed by atoms with E-state index in [2.05, 4.69) is 4.98 Å². The first-order valence-corrected chi connectivity index (χ1v) is 8.72. The van der Waals surface area contributed by atoms with E-state index in [1.165, 1.54) is 18.3 Å². The van der Waals surface area contributed by atoms with Crippen molar-refractivity contribution in [2.24, 2.45) is 0 Å². The number of pyridine rings is 1. The first-order chi connectivity index (χ1) is 13.5. The number of halogens is 5. The molecule has 0 atom stereocenters. The number of hydrogen-bond acceptors (Lipinski definition) is 6. The highest BCUT2D eigenvalue weighted by molar-refractivity contribution is 7.99. The van der Waals surface area contributed by atoms with Crippen LogP contribution in [-0.2, 0) is 6.18 Å². The van der Waals surface area contributed by atoms with E-state index in [-0.39, 0.29) is 36.0 Å². The summed E-state index contributed by atoms with van der Waals surface area (Å²) in [5, 5.41) is 9.62. The number of alkyl halides is 3. The van der Waals surface area contributed by atoms with Gasteiger partial charge in [0.15, 0.2) is 5.69 Å². The third-order valence-corrected chi connectivity index (χ3v) is 5.16. The summed E-state index contributed by atoms with van der Waals surface area (Å²) in [5.41, 5.74) is -5.40. The third kappa shape index (κ3) is 3.93. The van der Waals surface area contributed by atoms with Crippen molar-refractivity contribution in [1.29, 1.82) is 0 Å². The molecule has 29 heavy (non-hydrogen) atoms. The monoisotopic (exact) mass is 448 g/mol. The average molecular weight is 449 g/mol. The van der Waals surface area contributed by atoms with Crippen molar-refractivity contribution in [2.45, 2.75) is 16.0 Å². The maximum Gasteiger partial charge on any atom is 0.433 e. The molecule has 0 saturated heterocycles. The average Bonchev–Trinajstić information content (AvgIpc) is 2.62. The van der Waals surface area contributed by atoms with Crippen LogP contribution in [0, 0.1) is 5.82 Å². The lowest BCUT2D eigenvalue weighted by Gasteiger charge is -2.15. The highest BCUT2D eigenvalue weighted by atomic mass is 35.5.